The van der Waals surface area contributed by atoms with Gasteiger partial charge >= 0.3 is 0 Å². The number of anilines is 1. The van der Waals surface area contributed by atoms with E-state index in [-0.39, 0.29) is 18.5 Å². The monoisotopic (exact) mass is 330 g/mol. The molecule has 1 heterocycles. The van der Waals surface area contributed by atoms with Gasteiger partial charge in [-0.1, -0.05) is 13.8 Å². The minimum absolute atomic E-state index is 0.0268. The Morgan fingerprint density at radius 3 is 2.89 bits per heavy atom. The minimum Gasteiger partial charge on any atom is -0.363 e. The molecule has 7 heteroatoms. The van der Waals surface area contributed by atoms with Crippen LogP contribution in [0.2, 0.25) is 0 Å². The zero-order valence-electron chi connectivity index (χ0n) is 10.2. The molecule has 1 unspecified atom stereocenters. The lowest BCUT2D eigenvalue weighted by Crippen LogP contribution is -2.40. The second kappa shape index (κ2) is 7.34. The van der Waals surface area contributed by atoms with Crippen molar-refractivity contribution in [3.63, 3.8) is 0 Å². The molecular weight excluding hydrogens is 316 g/mol. The summed E-state index contributed by atoms with van der Waals surface area (Å²) in [6.45, 7) is 4.13. The summed E-state index contributed by atoms with van der Waals surface area (Å²) in [5.74, 6) is 0.215. The maximum absolute atomic E-state index is 11.9. The fraction of sp³-hybridized carbons (Fsp3) is 0.545. The highest BCUT2D eigenvalue weighted by atomic mass is 79.9. The van der Waals surface area contributed by atoms with E-state index < -0.39 is 0 Å². The minimum atomic E-state index is -0.352. The SMILES string of the molecule is CC(C)CC(Nc1sncc1Br)C(=O)NCC#N. The Morgan fingerprint density at radius 1 is 1.67 bits per heavy atom. The van der Waals surface area contributed by atoms with E-state index in [1.807, 2.05) is 19.9 Å². The fourth-order valence-electron chi connectivity index (χ4n) is 1.43. The summed E-state index contributed by atoms with van der Waals surface area (Å²) in [7, 11) is 0. The summed E-state index contributed by atoms with van der Waals surface area (Å²) in [6, 6.07) is 1.55. The van der Waals surface area contributed by atoms with Gasteiger partial charge in [-0.2, -0.15) is 9.64 Å². The van der Waals surface area contributed by atoms with Gasteiger partial charge < -0.3 is 10.6 Å². The predicted molar refractivity (Wildman–Crippen MR) is 75.3 cm³/mol. The highest BCUT2D eigenvalue weighted by Gasteiger charge is 2.20. The number of aromatic nitrogens is 1. The average Bonchev–Trinajstić information content (AvgIpc) is 2.70. The molecule has 0 aliphatic rings. The van der Waals surface area contributed by atoms with Crippen LogP contribution in [0.15, 0.2) is 10.7 Å². The Hall–Kier alpha value is -1.13. The van der Waals surface area contributed by atoms with Crippen LogP contribution in [0.4, 0.5) is 5.00 Å². The first-order chi connectivity index (χ1) is 8.54. The number of nitriles is 1. The Morgan fingerprint density at radius 2 is 2.39 bits per heavy atom. The van der Waals surface area contributed by atoms with Crippen LogP contribution in [-0.4, -0.2) is 22.9 Å². The van der Waals surface area contributed by atoms with Crippen molar-refractivity contribution < 1.29 is 4.79 Å². The van der Waals surface area contributed by atoms with Gasteiger partial charge in [0.15, 0.2) is 0 Å². The number of nitrogens with one attached hydrogen (secondary N) is 2. The van der Waals surface area contributed by atoms with Crippen molar-refractivity contribution >= 4 is 38.4 Å². The van der Waals surface area contributed by atoms with Gasteiger partial charge in [0.2, 0.25) is 5.91 Å². The molecule has 0 fully saturated rings. The van der Waals surface area contributed by atoms with Gasteiger partial charge in [0.1, 0.15) is 17.6 Å². The lowest BCUT2D eigenvalue weighted by atomic mass is 10.0. The zero-order valence-corrected chi connectivity index (χ0v) is 12.6. The first kappa shape index (κ1) is 14.9. The third kappa shape index (κ3) is 4.63. The summed E-state index contributed by atoms with van der Waals surface area (Å²) in [5.41, 5.74) is 0. The molecule has 1 amide bonds. The van der Waals surface area contributed by atoms with E-state index in [2.05, 4.69) is 30.9 Å². The maximum atomic E-state index is 11.9. The van der Waals surface area contributed by atoms with Gasteiger partial charge in [-0.25, -0.2) is 0 Å². The van der Waals surface area contributed by atoms with Crippen molar-refractivity contribution in [2.24, 2.45) is 5.92 Å². The second-order valence-electron chi connectivity index (χ2n) is 4.21. The Kier molecular flexibility index (Phi) is 6.09. The van der Waals surface area contributed by atoms with Crippen LogP contribution < -0.4 is 10.6 Å². The molecule has 98 valence electrons. The molecular formula is C11H15BrN4OS. The van der Waals surface area contributed by atoms with Gasteiger partial charge in [-0.05, 0) is 39.8 Å². The van der Waals surface area contributed by atoms with E-state index in [1.54, 1.807) is 6.20 Å². The molecule has 5 nitrogen and oxygen atoms in total. The molecule has 1 aromatic rings. The molecule has 1 atom stereocenters. The van der Waals surface area contributed by atoms with Gasteiger partial charge in [0.25, 0.3) is 0 Å². The molecule has 0 saturated heterocycles. The van der Waals surface area contributed by atoms with Crippen LogP contribution >= 0.6 is 27.5 Å². The molecule has 0 aliphatic heterocycles. The van der Waals surface area contributed by atoms with Crippen LogP contribution in [0.25, 0.3) is 0 Å². The summed E-state index contributed by atoms with van der Waals surface area (Å²) in [6.07, 6.45) is 2.38. The molecule has 0 aromatic carbocycles. The van der Waals surface area contributed by atoms with E-state index in [0.717, 1.165) is 9.47 Å². The number of amides is 1. The van der Waals surface area contributed by atoms with Crippen LogP contribution in [-0.2, 0) is 4.79 Å². The largest absolute Gasteiger partial charge is 0.363 e. The highest BCUT2D eigenvalue weighted by Crippen LogP contribution is 2.27. The lowest BCUT2D eigenvalue weighted by Gasteiger charge is -2.19. The molecule has 1 aromatic heterocycles. The molecule has 2 N–H and O–H groups in total. The fourth-order valence-corrected chi connectivity index (χ4v) is 2.60. The third-order valence-electron chi connectivity index (χ3n) is 2.20. The number of hydrogen-bond acceptors (Lipinski definition) is 5. The van der Waals surface area contributed by atoms with Crippen LogP contribution in [0, 0.1) is 17.2 Å². The van der Waals surface area contributed by atoms with Crippen LogP contribution in [0.5, 0.6) is 0 Å². The van der Waals surface area contributed by atoms with E-state index in [4.69, 9.17) is 5.26 Å². The predicted octanol–water partition coefficient (Wildman–Crippen LogP) is 2.37. The molecule has 1 rings (SSSR count). The van der Waals surface area contributed by atoms with Crippen molar-refractivity contribution in [3.8, 4) is 6.07 Å². The average molecular weight is 331 g/mol. The van der Waals surface area contributed by atoms with Crippen LogP contribution in [0.1, 0.15) is 20.3 Å². The van der Waals surface area contributed by atoms with Crippen molar-refractivity contribution in [3.05, 3.63) is 10.7 Å². The first-order valence-electron chi connectivity index (χ1n) is 5.56. The second-order valence-corrected chi connectivity index (χ2v) is 5.86. The smallest absolute Gasteiger partial charge is 0.243 e. The Balaban J connectivity index is 2.69. The Bertz CT molecular complexity index is 440. The van der Waals surface area contributed by atoms with E-state index >= 15 is 0 Å². The number of rotatable bonds is 6. The van der Waals surface area contributed by atoms with Gasteiger partial charge in [-0.15, -0.1) is 0 Å². The standard InChI is InChI=1S/C11H15BrN4OS/c1-7(2)5-9(10(17)14-4-3-13)16-11-8(12)6-15-18-11/h6-7,9,16H,4-5H2,1-2H3,(H,14,17). The molecule has 0 saturated carbocycles. The molecule has 0 aliphatic carbocycles. The molecule has 18 heavy (non-hydrogen) atoms. The number of carbonyl (C=O) groups excluding carboxylic acids is 1. The molecule has 0 radical (unpaired) electrons. The van der Waals surface area contributed by atoms with Gasteiger partial charge in [0, 0.05) is 0 Å². The third-order valence-corrected chi connectivity index (χ3v) is 3.79. The maximum Gasteiger partial charge on any atom is 0.243 e. The summed E-state index contributed by atoms with van der Waals surface area (Å²) in [4.78, 5) is 11.9. The lowest BCUT2D eigenvalue weighted by molar-refractivity contribution is -0.121. The van der Waals surface area contributed by atoms with Gasteiger partial charge in [-0.3, -0.25) is 4.79 Å². The quantitative estimate of drug-likeness (QED) is 0.785. The zero-order chi connectivity index (χ0) is 13.5. The molecule has 0 bridgehead atoms. The number of nitrogens with zero attached hydrogens (tertiary/aromatic N) is 2. The van der Waals surface area contributed by atoms with E-state index in [0.29, 0.717) is 12.3 Å². The van der Waals surface area contributed by atoms with Gasteiger partial charge in [0.05, 0.1) is 16.7 Å². The molecule has 0 spiro atoms. The Labute approximate surface area is 119 Å². The van der Waals surface area contributed by atoms with Crippen LogP contribution in [0.3, 0.4) is 0 Å². The number of carbonyl (C=O) groups is 1. The topological polar surface area (TPSA) is 77.8 Å². The van der Waals surface area contributed by atoms with Crippen molar-refractivity contribution in [1.29, 1.82) is 5.26 Å². The summed E-state index contributed by atoms with van der Waals surface area (Å²) >= 11 is 4.66. The number of hydrogen-bond donors (Lipinski definition) is 2. The van der Waals surface area contributed by atoms with E-state index in [1.165, 1.54) is 11.5 Å². The van der Waals surface area contributed by atoms with Crippen molar-refractivity contribution in [1.82, 2.24) is 9.69 Å². The highest BCUT2D eigenvalue weighted by molar-refractivity contribution is 9.10. The first-order valence-corrected chi connectivity index (χ1v) is 7.12. The summed E-state index contributed by atoms with van der Waals surface area (Å²) < 4.78 is 4.87. The van der Waals surface area contributed by atoms with Crippen molar-refractivity contribution in [2.45, 2.75) is 26.3 Å². The van der Waals surface area contributed by atoms with Crippen molar-refractivity contribution in [2.75, 3.05) is 11.9 Å². The number of halogens is 1. The van der Waals surface area contributed by atoms with E-state index in [9.17, 15) is 4.79 Å². The summed E-state index contributed by atoms with van der Waals surface area (Å²) in [5, 5.41) is 15.0. The normalized spacial score (nSPS) is 11.9.